The number of halogens is 2. The molecule has 5 aromatic rings. The van der Waals surface area contributed by atoms with Crippen molar-refractivity contribution in [2.75, 3.05) is 0 Å². The van der Waals surface area contributed by atoms with Gasteiger partial charge in [-0.25, -0.2) is 8.96 Å². The Morgan fingerprint density at radius 2 is 1.85 bits per heavy atom. The molecule has 27 heavy (non-hydrogen) atoms. The van der Waals surface area contributed by atoms with Crippen molar-refractivity contribution in [1.29, 1.82) is 0 Å². The molecule has 3 aromatic heterocycles. The minimum atomic E-state index is -0.667. The molecule has 0 bridgehead atoms. The van der Waals surface area contributed by atoms with Crippen LogP contribution >= 0.6 is 0 Å². The summed E-state index contributed by atoms with van der Waals surface area (Å²) in [6.45, 7) is 1.83. The molecule has 0 saturated heterocycles. The van der Waals surface area contributed by atoms with Gasteiger partial charge in [-0.2, -0.15) is 9.37 Å². The fourth-order valence-corrected chi connectivity index (χ4v) is 3.67. The molecule has 132 valence electrons. The molecule has 2 aromatic carbocycles. The number of para-hydroxylation sites is 1. The highest BCUT2D eigenvalue weighted by molar-refractivity contribution is 6.11. The first-order chi connectivity index (χ1) is 13.0. The van der Waals surface area contributed by atoms with Crippen molar-refractivity contribution in [2.45, 2.75) is 6.92 Å². The molecule has 0 saturated carbocycles. The zero-order chi connectivity index (χ0) is 18.7. The van der Waals surface area contributed by atoms with Gasteiger partial charge in [-0.05, 0) is 47.8 Å². The Bertz CT molecular complexity index is 1380. The van der Waals surface area contributed by atoms with Crippen LogP contribution in [-0.4, -0.2) is 9.97 Å². The van der Waals surface area contributed by atoms with Crippen LogP contribution < -0.4 is 4.57 Å². The molecular formula is C21H14F2N3O+. The van der Waals surface area contributed by atoms with Crippen molar-refractivity contribution in [3.8, 4) is 11.3 Å². The normalized spacial score (nSPS) is 11.7. The van der Waals surface area contributed by atoms with Gasteiger partial charge in [0.15, 0.2) is 11.1 Å². The first-order valence-corrected chi connectivity index (χ1v) is 8.46. The van der Waals surface area contributed by atoms with Crippen LogP contribution in [0.2, 0.25) is 0 Å². The molecule has 3 heterocycles. The first-order valence-electron chi connectivity index (χ1n) is 8.46. The average molecular weight is 362 g/mol. The molecule has 0 N–H and O–H groups in total. The lowest BCUT2D eigenvalue weighted by atomic mass is 9.98. The number of aryl methyl sites for hydroxylation is 2. The largest absolute Gasteiger partial charge is 0.437 e. The number of rotatable bonds is 1. The fraction of sp³-hybridized carbons (Fsp3) is 0.0952. The monoisotopic (exact) mass is 362 g/mol. The van der Waals surface area contributed by atoms with Gasteiger partial charge in [0.05, 0.1) is 28.8 Å². The molecule has 0 fully saturated rings. The summed E-state index contributed by atoms with van der Waals surface area (Å²) in [4.78, 5) is 8.23. The highest BCUT2D eigenvalue weighted by Gasteiger charge is 2.25. The Hall–Kier alpha value is -3.41. The third-order valence-electron chi connectivity index (χ3n) is 4.84. The van der Waals surface area contributed by atoms with E-state index in [4.69, 9.17) is 4.42 Å². The van der Waals surface area contributed by atoms with E-state index in [2.05, 4.69) is 9.97 Å². The molecule has 0 radical (unpaired) electrons. The Balaban J connectivity index is 2.01. The molecular weight excluding hydrogens is 348 g/mol. The van der Waals surface area contributed by atoms with Crippen LogP contribution in [0.15, 0.2) is 53.2 Å². The van der Waals surface area contributed by atoms with Gasteiger partial charge in [0.1, 0.15) is 11.5 Å². The molecule has 0 aliphatic rings. The van der Waals surface area contributed by atoms with Crippen molar-refractivity contribution in [3.05, 3.63) is 66.1 Å². The SMILES string of the molecule is Cc1cc(F)c2c(oc3nc(F)ccc32)c1-c1c2ccccc2nc[n+]1C. The number of hydrogen-bond acceptors (Lipinski definition) is 3. The van der Waals surface area contributed by atoms with E-state index in [1.165, 1.54) is 18.2 Å². The van der Waals surface area contributed by atoms with E-state index in [0.29, 0.717) is 21.9 Å². The van der Waals surface area contributed by atoms with Crippen LogP contribution in [0.5, 0.6) is 0 Å². The van der Waals surface area contributed by atoms with Gasteiger partial charge >= 0.3 is 0 Å². The predicted molar refractivity (Wildman–Crippen MR) is 98.1 cm³/mol. The summed E-state index contributed by atoms with van der Waals surface area (Å²) >= 11 is 0. The van der Waals surface area contributed by atoms with Crippen molar-refractivity contribution in [2.24, 2.45) is 7.05 Å². The molecule has 0 spiro atoms. The second-order valence-corrected chi connectivity index (χ2v) is 6.56. The van der Waals surface area contributed by atoms with E-state index in [9.17, 15) is 8.78 Å². The number of nitrogens with zero attached hydrogens (tertiary/aromatic N) is 3. The van der Waals surface area contributed by atoms with Crippen LogP contribution in [0.1, 0.15) is 5.56 Å². The van der Waals surface area contributed by atoms with Gasteiger partial charge in [0.2, 0.25) is 11.7 Å². The van der Waals surface area contributed by atoms with Crippen molar-refractivity contribution < 1.29 is 17.8 Å². The maximum Gasteiger partial charge on any atom is 0.287 e. The van der Waals surface area contributed by atoms with Gasteiger partial charge < -0.3 is 4.42 Å². The lowest BCUT2D eigenvalue weighted by Gasteiger charge is -2.10. The molecule has 5 rings (SSSR count). The van der Waals surface area contributed by atoms with E-state index < -0.39 is 11.8 Å². The van der Waals surface area contributed by atoms with Gasteiger partial charge in [0, 0.05) is 0 Å². The summed E-state index contributed by atoms with van der Waals surface area (Å²) in [6.07, 6.45) is 1.72. The Labute approximate surface area is 152 Å². The van der Waals surface area contributed by atoms with Gasteiger partial charge in [-0.15, -0.1) is 0 Å². The molecule has 6 heteroatoms. The maximum absolute atomic E-state index is 14.8. The van der Waals surface area contributed by atoms with E-state index in [0.717, 1.165) is 22.2 Å². The predicted octanol–water partition coefficient (Wildman–Crippen LogP) is 4.61. The molecule has 0 atom stereocenters. The minimum absolute atomic E-state index is 0.0803. The highest BCUT2D eigenvalue weighted by atomic mass is 19.1. The molecule has 0 aliphatic carbocycles. The van der Waals surface area contributed by atoms with Crippen LogP contribution in [0.3, 0.4) is 0 Å². The fourth-order valence-electron chi connectivity index (χ4n) is 3.67. The zero-order valence-electron chi connectivity index (χ0n) is 14.6. The number of fused-ring (bicyclic) bond motifs is 4. The van der Waals surface area contributed by atoms with Gasteiger partial charge in [0.25, 0.3) is 6.33 Å². The van der Waals surface area contributed by atoms with Crippen LogP contribution in [0.25, 0.3) is 44.2 Å². The standard InChI is InChI=1S/C21H14F2N3O/c1-11-9-14(22)18-13-7-8-16(23)25-21(13)27-20(18)17(11)19-12-5-3-4-6-15(12)24-10-26(19)2/h3-10H,1-2H3/q+1. The molecule has 0 unspecified atom stereocenters. The number of pyridine rings is 1. The summed E-state index contributed by atoms with van der Waals surface area (Å²) in [5.74, 6) is -1.08. The number of aromatic nitrogens is 3. The third-order valence-corrected chi connectivity index (χ3v) is 4.84. The minimum Gasteiger partial charge on any atom is -0.437 e. The Kier molecular flexibility index (Phi) is 3.25. The summed E-state index contributed by atoms with van der Waals surface area (Å²) in [6, 6.07) is 11.9. The summed E-state index contributed by atoms with van der Waals surface area (Å²) in [7, 11) is 1.88. The van der Waals surface area contributed by atoms with Gasteiger partial charge in [-0.1, -0.05) is 12.1 Å². The Morgan fingerprint density at radius 1 is 1.04 bits per heavy atom. The molecule has 4 nitrogen and oxygen atoms in total. The number of hydrogen-bond donors (Lipinski definition) is 0. The van der Waals surface area contributed by atoms with Crippen LogP contribution in [-0.2, 0) is 7.05 Å². The van der Waals surface area contributed by atoms with E-state index in [1.54, 1.807) is 6.33 Å². The van der Waals surface area contributed by atoms with Crippen molar-refractivity contribution in [3.63, 3.8) is 0 Å². The number of furan rings is 1. The topological polar surface area (TPSA) is 42.8 Å². The van der Waals surface area contributed by atoms with E-state index in [-0.39, 0.29) is 5.71 Å². The summed E-state index contributed by atoms with van der Waals surface area (Å²) in [5, 5.41) is 1.67. The average Bonchev–Trinajstić information content (AvgIpc) is 3.02. The summed E-state index contributed by atoms with van der Waals surface area (Å²) in [5.41, 5.74) is 3.56. The first kappa shape index (κ1) is 15.8. The highest BCUT2D eigenvalue weighted by Crippen LogP contribution is 2.39. The second kappa shape index (κ2) is 5.54. The smallest absolute Gasteiger partial charge is 0.287 e. The quantitative estimate of drug-likeness (QED) is 0.323. The maximum atomic E-state index is 14.8. The van der Waals surface area contributed by atoms with Crippen molar-refractivity contribution >= 4 is 33.0 Å². The number of benzene rings is 2. The van der Waals surface area contributed by atoms with Crippen LogP contribution in [0.4, 0.5) is 8.78 Å². The summed E-state index contributed by atoms with van der Waals surface area (Å²) < 4.78 is 36.1. The van der Waals surface area contributed by atoms with Gasteiger partial charge in [-0.3, -0.25) is 0 Å². The Morgan fingerprint density at radius 3 is 2.70 bits per heavy atom. The second-order valence-electron chi connectivity index (χ2n) is 6.56. The van der Waals surface area contributed by atoms with E-state index >= 15 is 0 Å². The lowest BCUT2D eigenvalue weighted by molar-refractivity contribution is -0.662. The third kappa shape index (κ3) is 2.23. The van der Waals surface area contributed by atoms with E-state index in [1.807, 2.05) is 42.8 Å². The zero-order valence-corrected chi connectivity index (χ0v) is 14.6. The van der Waals surface area contributed by atoms with Crippen molar-refractivity contribution in [1.82, 2.24) is 9.97 Å². The lowest BCUT2D eigenvalue weighted by Crippen LogP contribution is -2.31. The molecule has 0 aliphatic heterocycles. The molecule has 0 amide bonds. The van der Waals surface area contributed by atoms with Crippen LogP contribution in [0, 0.1) is 18.7 Å².